The SMILES string of the molecule is CNC(CC1CCCC1)c1ccc(Br)c(Cl)c1F. The molecule has 1 saturated carbocycles. The highest BCUT2D eigenvalue weighted by molar-refractivity contribution is 9.10. The lowest BCUT2D eigenvalue weighted by Crippen LogP contribution is -2.20. The van der Waals surface area contributed by atoms with Crippen molar-refractivity contribution < 1.29 is 4.39 Å². The summed E-state index contributed by atoms with van der Waals surface area (Å²) in [7, 11) is 1.88. The molecule has 1 unspecified atom stereocenters. The van der Waals surface area contributed by atoms with Gasteiger partial charge >= 0.3 is 0 Å². The molecular weight excluding hydrogens is 317 g/mol. The standard InChI is InChI=1S/C14H18BrClFN/c1-18-12(8-9-4-2-3-5-9)10-6-7-11(15)13(16)14(10)17/h6-7,9,12,18H,2-5,8H2,1H3. The van der Waals surface area contributed by atoms with Gasteiger partial charge in [-0.25, -0.2) is 4.39 Å². The van der Waals surface area contributed by atoms with Gasteiger partial charge in [0.1, 0.15) is 5.82 Å². The van der Waals surface area contributed by atoms with Crippen molar-refractivity contribution >= 4 is 27.5 Å². The summed E-state index contributed by atoms with van der Waals surface area (Å²) in [5, 5.41) is 3.40. The van der Waals surface area contributed by atoms with Gasteiger partial charge in [0.05, 0.1) is 5.02 Å². The molecule has 1 aliphatic carbocycles. The Morgan fingerprint density at radius 3 is 2.72 bits per heavy atom. The monoisotopic (exact) mass is 333 g/mol. The van der Waals surface area contributed by atoms with Gasteiger partial charge in [0.15, 0.2) is 0 Å². The van der Waals surface area contributed by atoms with Crippen LogP contribution in [0.4, 0.5) is 4.39 Å². The van der Waals surface area contributed by atoms with Crippen LogP contribution in [0.5, 0.6) is 0 Å². The Kier molecular flexibility index (Phi) is 5.05. The number of nitrogens with one attached hydrogen (secondary N) is 1. The molecule has 1 aromatic rings. The summed E-state index contributed by atoms with van der Waals surface area (Å²) >= 11 is 9.20. The molecule has 4 heteroatoms. The van der Waals surface area contributed by atoms with E-state index in [1.54, 1.807) is 0 Å². The highest BCUT2D eigenvalue weighted by Gasteiger charge is 2.23. The summed E-state index contributed by atoms with van der Waals surface area (Å²) in [6.07, 6.45) is 6.15. The van der Waals surface area contributed by atoms with Gasteiger partial charge in [-0.05, 0) is 41.4 Å². The molecule has 1 nitrogen and oxygen atoms in total. The summed E-state index contributed by atoms with van der Waals surface area (Å²) in [6.45, 7) is 0. The van der Waals surface area contributed by atoms with E-state index in [0.29, 0.717) is 16.0 Å². The van der Waals surface area contributed by atoms with Crippen LogP contribution in [-0.4, -0.2) is 7.05 Å². The summed E-state index contributed by atoms with van der Waals surface area (Å²) in [5.74, 6) is 0.410. The fraction of sp³-hybridized carbons (Fsp3) is 0.571. The lowest BCUT2D eigenvalue weighted by Gasteiger charge is -2.21. The first-order chi connectivity index (χ1) is 8.63. The molecule has 0 aliphatic heterocycles. The molecule has 18 heavy (non-hydrogen) atoms. The second-order valence-electron chi connectivity index (χ2n) is 4.99. The average Bonchev–Trinajstić information content (AvgIpc) is 2.87. The van der Waals surface area contributed by atoms with Crippen molar-refractivity contribution in [2.75, 3.05) is 7.05 Å². The van der Waals surface area contributed by atoms with E-state index >= 15 is 0 Å². The zero-order valence-electron chi connectivity index (χ0n) is 10.5. The Hall–Kier alpha value is -0.120. The van der Waals surface area contributed by atoms with Crippen LogP contribution in [-0.2, 0) is 0 Å². The van der Waals surface area contributed by atoms with Crippen LogP contribution in [0.1, 0.15) is 43.7 Å². The van der Waals surface area contributed by atoms with E-state index in [1.165, 1.54) is 25.7 Å². The second-order valence-corrected chi connectivity index (χ2v) is 6.22. The summed E-state index contributed by atoms with van der Waals surface area (Å²) < 4.78 is 14.8. The van der Waals surface area contributed by atoms with Crippen molar-refractivity contribution in [2.24, 2.45) is 5.92 Å². The van der Waals surface area contributed by atoms with E-state index in [4.69, 9.17) is 11.6 Å². The third kappa shape index (κ3) is 3.06. The molecule has 1 atom stereocenters. The van der Waals surface area contributed by atoms with E-state index in [1.807, 2.05) is 19.2 Å². The molecular formula is C14H18BrClFN. The van der Waals surface area contributed by atoms with Crippen molar-refractivity contribution in [2.45, 2.75) is 38.1 Å². The minimum atomic E-state index is -0.302. The van der Waals surface area contributed by atoms with Crippen LogP contribution in [0.25, 0.3) is 0 Å². The molecule has 0 heterocycles. The van der Waals surface area contributed by atoms with Gasteiger partial charge in [-0.2, -0.15) is 0 Å². The molecule has 1 aromatic carbocycles. The fourth-order valence-corrected chi connectivity index (χ4v) is 3.27. The van der Waals surface area contributed by atoms with Crippen LogP contribution >= 0.6 is 27.5 Å². The van der Waals surface area contributed by atoms with Crippen molar-refractivity contribution in [1.29, 1.82) is 0 Å². The number of hydrogen-bond acceptors (Lipinski definition) is 1. The number of rotatable bonds is 4. The van der Waals surface area contributed by atoms with Gasteiger partial charge in [0.2, 0.25) is 0 Å². The predicted octanol–water partition coefficient (Wildman–Crippen LogP) is 5.08. The van der Waals surface area contributed by atoms with Crippen LogP contribution in [0, 0.1) is 11.7 Å². The number of hydrogen-bond donors (Lipinski definition) is 1. The highest BCUT2D eigenvalue weighted by atomic mass is 79.9. The van der Waals surface area contributed by atoms with Gasteiger partial charge in [0.25, 0.3) is 0 Å². The molecule has 1 fully saturated rings. The highest BCUT2D eigenvalue weighted by Crippen LogP contribution is 2.36. The molecule has 1 aliphatic rings. The third-order valence-corrected chi connectivity index (χ3v) is 5.09. The minimum Gasteiger partial charge on any atom is -0.313 e. The molecule has 0 spiro atoms. The van der Waals surface area contributed by atoms with Crippen LogP contribution in [0.2, 0.25) is 5.02 Å². The smallest absolute Gasteiger partial charge is 0.147 e. The van der Waals surface area contributed by atoms with Crippen molar-refractivity contribution in [3.05, 3.63) is 33.0 Å². The van der Waals surface area contributed by atoms with Gasteiger partial charge in [-0.15, -0.1) is 0 Å². The van der Waals surface area contributed by atoms with Gasteiger partial charge in [-0.1, -0.05) is 43.4 Å². The van der Waals surface area contributed by atoms with Crippen molar-refractivity contribution in [3.63, 3.8) is 0 Å². The predicted molar refractivity (Wildman–Crippen MR) is 77.5 cm³/mol. The largest absolute Gasteiger partial charge is 0.313 e. The molecule has 100 valence electrons. The Balaban J connectivity index is 2.18. The Bertz CT molecular complexity index is 419. The van der Waals surface area contributed by atoms with Crippen molar-refractivity contribution in [3.8, 4) is 0 Å². The quantitative estimate of drug-likeness (QED) is 0.757. The van der Waals surface area contributed by atoms with Crippen LogP contribution in [0.3, 0.4) is 0 Å². The summed E-state index contributed by atoms with van der Waals surface area (Å²) in [4.78, 5) is 0. The third-order valence-electron chi connectivity index (χ3n) is 3.83. The zero-order chi connectivity index (χ0) is 13.1. The lowest BCUT2D eigenvalue weighted by atomic mass is 9.93. The Morgan fingerprint density at radius 2 is 2.11 bits per heavy atom. The van der Waals surface area contributed by atoms with Crippen LogP contribution in [0.15, 0.2) is 16.6 Å². The number of halogens is 3. The Morgan fingerprint density at radius 1 is 1.44 bits per heavy atom. The Labute approximate surface area is 121 Å². The summed E-state index contributed by atoms with van der Waals surface area (Å²) in [5.41, 5.74) is 0.678. The number of benzene rings is 1. The van der Waals surface area contributed by atoms with E-state index in [9.17, 15) is 4.39 Å². The molecule has 2 rings (SSSR count). The van der Waals surface area contributed by atoms with E-state index in [0.717, 1.165) is 6.42 Å². The maximum Gasteiger partial charge on any atom is 0.147 e. The zero-order valence-corrected chi connectivity index (χ0v) is 12.8. The molecule has 0 aromatic heterocycles. The second kappa shape index (κ2) is 6.36. The van der Waals surface area contributed by atoms with Gasteiger partial charge in [0, 0.05) is 16.1 Å². The van der Waals surface area contributed by atoms with Crippen LogP contribution < -0.4 is 5.32 Å². The molecule has 1 N–H and O–H groups in total. The first kappa shape index (κ1) is 14.3. The van der Waals surface area contributed by atoms with E-state index < -0.39 is 0 Å². The molecule has 0 saturated heterocycles. The maximum atomic E-state index is 14.2. The van der Waals surface area contributed by atoms with Crippen molar-refractivity contribution in [1.82, 2.24) is 5.32 Å². The maximum absolute atomic E-state index is 14.2. The first-order valence-corrected chi connectivity index (χ1v) is 7.61. The van der Waals surface area contributed by atoms with E-state index in [2.05, 4.69) is 21.2 Å². The average molecular weight is 335 g/mol. The topological polar surface area (TPSA) is 12.0 Å². The van der Waals surface area contributed by atoms with Gasteiger partial charge < -0.3 is 5.32 Å². The molecule has 0 bridgehead atoms. The molecule has 0 radical (unpaired) electrons. The molecule has 0 amide bonds. The normalized spacial score (nSPS) is 18.2. The van der Waals surface area contributed by atoms with Gasteiger partial charge in [-0.3, -0.25) is 0 Å². The fourth-order valence-electron chi connectivity index (χ4n) is 2.79. The summed E-state index contributed by atoms with van der Waals surface area (Å²) in [6, 6.07) is 3.69. The lowest BCUT2D eigenvalue weighted by molar-refractivity contribution is 0.403. The van der Waals surface area contributed by atoms with E-state index in [-0.39, 0.29) is 16.9 Å². The first-order valence-electron chi connectivity index (χ1n) is 6.44. The minimum absolute atomic E-state index is 0.0544.